The third-order valence-corrected chi connectivity index (χ3v) is 3.49. The summed E-state index contributed by atoms with van der Waals surface area (Å²) in [6.45, 7) is 2.54. The zero-order valence-electron chi connectivity index (χ0n) is 13.7. The minimum Gasteiger partial charge on any atom is -0.467 e. The van der Waals surface area contributed by atoms with E-state index in [-0.39, 0.29) is 12.6 Å². The van der Waals surface area contributed by atoms with E-state index in [0.29, 0.717) is 12.3 Å². The van der Waals surface area contributed by atoms with Crippen LogP contribution in [0.4, 0.5) is 10.5 Å². The summed E-state index contributed by atoms with van der Waals surface area (Å²) in [5, 5.41) is 15.3. The van der Waals surface area contributed by atoms with Crippen molar-refractivity contribution in [3.8, 4) is 0 Å². The largest absolute Gasteiger partial charge is 0.467 e. The SMILES string of the molecule is Cc1ccc(CNC(=O)NCC(O)c2ccco2)c(N(C)C)c1. The van der Waals surface area contributed by atoms with Gasteiger partial charge in [0.1, 0.15) is 11.9 Å². The normalized spacial score (nSPS) is 11.8. The van der Waals surface area contributed by atoms with Crippen LogP contribution >= 0.6 is 0 Å². The van der Waals surface area contributed by atoms with Crippen molar-refractivity contribution < 1.29 is 14.3 Å². The van der Waals surface area contributed by atoms with E-state index in [1.54, 1.807) is 12.1 Å². The second-order valence-corrected chi connectivity index (χ2v) is 5.62. The fourth-order valence-electron chi connectivity index (χ4n) is 2.25. The first kappa shape index (κ1) is 16.9. The van der Waals surface area contributed by atoms with Gasteiger partial charge in [0.05, 0.1) is 12.8 Å². The first-order chi connectivity index (χ1) is 11.0. The quantitative estimate of drug-likeness (QED) is 0.763. The number of aliphatic hydroxyl groups excluding tert-OH is 1. The van der Waals surface area contributed by atoms with Crippen molar-refractivity contribution in [2.24, 2.45) is 0 Å². The molecule has 124 valence electrons. The molecular weight excluding hydrogens is 294 g/mol. The van der Waals surface area contributed by atoms with Crippen LogP contribution in [0, 0.1) is 6.92 Å². The summed E-state index contributed by atoms with van der Waals surface area (Å²) in [4.78, 5) is 13.9. The average molecular weight is 317 g/mol. The smallest absolute Gasteiger partial charge is 0.315 e. The molecule has 0 bridgehead atoms. The van der Waals surface area contributed by atoms with E-state index in [1.807, 2.05) is 38.1 Å². The van der Waals surface area contributed by atoms with Crippen molar-refractivity contribution in [2.75, 3.05) is 25.5 Å². The Labute approximate surface area is 136 Å². The predicted molar refractivity (Wildman–Crippen MR) is 89.4 cm³/mol. The van der Waals surface area contributed by atoms with E-state index in [2.05, 4.69) is 16.7 Å². The second kappa shape index (κ2) is 7.69. The van der Waals surface area contributed by atoms with Crippen molar-refractivity contribution in [2.45, 2.75) is 19.6 Å². The Kier molecular flexibility index (Phi) is 5.65. The van der Waals surface area contributed by atoms with Crippen LogP contribution in [0.2, 0.25) is 0 Å². The molecule has 6 nitrogen and oxygen atoms in total. The number of furan rings is 1. The number of aryl methyl sites for hydroxylation is 1. The number of hydrogen-bond donors (Lipinski definition) is 3. The molecule has 1 aromatic carbocycles. The Balaban J connectivity index is 1.85. The molecule has 0 saturated heterocycles. The van der Waals surface area contributed by atoms with Gasteiger partial charge in [0.15, 0.2) is 0 Å². The summed E-state index contributed by atoms with van der Waals surface area (Å²) in [7, 11) is 3.94. The summed E-state index contributed by atoms with van der Waals surface area (Å²) >= 11 is 0. The van der Waals surface area contributed by atoms with Crippen molar-refractivity contribution in [1.82, 2.24) is 10.6 Å². The lowest BCUT2D eigenvalue weighted by Gasteiger charge is -2.19. The van der Waals surface area contributed by atoms with E-state index in [9.17, 15) is 9.90 Å². The molecule has 6 heteroatoms. The maximum atomic E-state index is 11.9. The van der Waals surface area contributed by atoms with Crippen molar-refractivity contribution >= 4 is 11.7 Å². The van der Waals surface area contributed by atoms with E-state index in [0.717, 1.165) is 11.3 Å². The number of benzene rings is 1. The topological polar surface area (TPSA) is 77.7 Å². The van der Waals surface area contributed by atoms with Gasteiger partial charge in [-0.25, -0.2) is 4.79 Å². The van der Waals surface area contributed by atoms with Gasteiger partial charge in [-0.2, -0.15) is 0 Å². The Morgan fingerprint density at radius 3 is 2.74 bits per heavy atom. The fourth-order valence-corrected chi connectivity index (χ4v) is 2.25. The molecule has 2 aromatic rings. The highest BCUT2D eigenvalue weighted by Gasteiger charge is 2.12. The summed E-state index contributed by atoms with van der Waals surface area (Å²) in [5.41, 5.74) is 3.27. The minimum atomic E-state index is -0.854. The van der Waals surface area contributed by atoms with Crippen LogP contribution in [0.1, 0.15) is 23.0 Å². The molecule has 2 rings (SSSR count). The highest BCUT2D eigenvalue weighted by Crippen LogP contribution is 2.20. The number of hydrogen-bond acceptors (Lipinski definition) is 4. The third kappa shape index (κ3) is 4.75. The first-order valence-electron chi connectivity index (χ1n) is 7.47. The lowest BCUT2D eigenvalue weighted by atomic mass is 10.1. The Bertz CT molecular complexity index is 639. The van der Waals surface area contributed by atoms with Gasteiger partial charge in [0, 0.05) is 26.3 Å². The van der Waals surface area contributed by atoms with Crippen LogP contribution in [-0.4, -0.2) is 31.8 Å². The number of aliphatic hydroxyl groups is 1. The Morgan fingerprint density at radius 1 is 1.30 bits per heavy atom. The molecule has 0 aliphatic carbocycles. The Hall–Kier alpha value is -2.47. The molecule has 0 aliphatic rings. The number of urea groups is 1. The summed E-state index contributed by atoms with van der Waals surface area (Å²) < 4.78 is 5.08. The molecule has 23 heavy (non-hydrogen) atoms. The van der Waals surface area contributed by atoms with Crippen LogP contribution < -0.4 is 15.5 Å². The number of anilines is 1. The van der Waals surface area contributed by atoms with Gasteiger partial charge in [-0.15, -0.1) is 0 Å². The lowest BCUT2D eigenvalue weighted by molar-refractivity contribution is 0.148. The van der Waals surface area contributed by atoms with E-state index in [1.165, 1.54) is 11.8 Å². The number of carbonyl (C=O) groups excluding carboxylic acids is 1. The molecule has 1 unspecified atom stereocenters. The molecule has 0 radical (unpaired) electrons. The molecule has 2 amide bonds. The van der Waals surface area contributed by atoms with Crippen LogP contribution in [0.3, 0.4) is 0 Å². The van der Waals surface area contributed by atoms with Crippen molar-refractivity contribution in [3.63, 3.8) is 0 Å². The molecule has 0 saturated carbocycles. The highest BCUT2D eigenvalue weighted by molar-refractivity contribution is 5.74. The maximum absolute atomic E-state index is 11.9. The number of carbonyl (C=O) groups is 1. The number of nitrogens with one attached hydrogen (secondary N) is 2. The predicted octanol–water partition coefficient (Wildman–Crippen LogP) is 2.19. The molecule has 1 aromatic heterocycles. The molecule has 1 heterocycles. The van der Waals surface area contributed by atoms with Gasteiger partial charge < -0.3 is 25.1 Å². The van der Waals surface area contributed by atoms with Crippen LogP contribution in [-0.2, 0) is 6.54 Å². The standard InChI is InChI=1S/C17H23N3O3/c1-12-6-7-13(14(9-12)20(2)3)10-18-17(22)19-11-15(21)16-5-4-8-23-16/h4-9,15,21H,10-11H2,1-3H3,(H2,18,19,22). The minimum absolute atomic E-state index is 0.0911. The second-order valence-electron chi connectivity index (χ2n) is 5.62. The summed E-state index contributed by atoms with van der Waals surface area (Å²) in [6.07, 6.45) is 0.631. The number of amides is 2. The first-order valence-corrected chi connectivity index (χ1v) is 7.47. The van der Waals surface area contributed by atoms with E-state index in [4.69, 9.17) is 4.42 Å². The van der Waals surface area contributed by atoms with Crippen LogP contribution in [0.15, 0.2) is 41.0 Å². The average Bonchev–Trinajstić information content (AvgIpc) is 3.05. The molecule has 0 spiro atoms. The molecule has 0 aliphatic heterocycles. The van der Waals surface area contributed by atoms with Crippen molar-refractivity contribution in [3.05, 3.63) is 53.5 Å². The van der Waals surface area contributed by atoms with Gasteiger partial charge in [0.2, 0.25) is 0 Å². The van der Waals surface area contributed by atoms with Gasteiger partial charge in [-0.3, -0.25) is 0 Å². The van der Waals surface area contributed by atoms with E-state index < -0.39 is 6.10 Å². The zero-order valence-corrected chi connectivity index (χ0v) is 13.7. The number of rotatable bonds is 6. The van der Waals surface area contributed by atoms with Crippen molar-refractivity contribution in [1.29, 1.82) is 0 Å². The monoisotopic (exact) mass is 317 g/mol. The van der Waals surface area contributed by atoms with Gasteiger partial charge >= 0.3 is 6.03 Å². The van der Waals surface area contributed by atoms with Crippen LogP contribution in [0.5, 0.6) is 0 Å². The zero-order chi connectivity index (χ0) is 16.8. The summed E-state index contributed by atoms with van der Waals surface area (Å²) in [6, 6.07) is 9.13. The number of nitrogens with zero attached hydrogens (tertiary/aromatic N) is 1. The van der Waals surface area contributed by atoms with Gasteiger partial charge in [-0.1, -0.05) is 12.1 Å². The highest BCUT2D eigenvalue weighted by atomic mass is 16.4. The third-order valence-electron chi connectivity index (χ3n) is 3.49. The molecular formula is C17H23N3O3. The lowest BCUT2D eigenvalue weighted by Crippen LogP contribution is -2.37. The van der Waals surface area contributed by atoms with E-state index >= 15 is 0 Å². The molecule has 0 fully saturated rings. The van der Waals surface area contributed by atoms with Gasteiger partial charge in [-0.05, 0) is 36.2 Å². The maximum Gasteiger partial charge on any atom is 0.315 e. The van der Waals surface area contributed by atoms with Gasteiger partial charge in [0.25, 0.3) is 0 Å². The van der Waals surface area contributed by atoms with Crippen LogP contribution in [0.25, 0.3) is 0 Å². The summed E-state index contributed by atoms with van der Waals surface area (Å²) in [5.74, 6) is 0.429. The molecule has 3 N–H and O–H groups in total. The fraction of sp³-hybridized carbons (Fsp3) is 0.353. The molecule has 1 atom stereocenters. The Morgan fingerprint density at radius 2 is 2.09 bits per heavy atom.